The number of ether oxygens (including phenoxy) is 2. The number of aliphatic hydroxyl groups excluding tert-OH is 1. The zero-order chi connectivity index (χ0) is 31.1. The van der Waals surface area contributed by atoms with E-state index >= 15 is 0 Å². The Kier molecular flexibility index (Phi) is 9.64. The highest BCUT2D eigenvalue weighted by atomic mass is 32.2. The number of hydrogen-bond acceptors (Lipinski definition) is 7. The Balaban J connectivity index is 1.46. The smallest absolute Gasteiger partial charge is 0.251 e. The number of aliphatic hydroxyl groups is 1. The molecular weight excluding hydrogens is 580 g/mol. The van der Waals surface area contributed by atoms with Crippen LogP contribution in [0.5, 0.6) is 11.5 Å². The van der Waals surface area contributed by atoms with Gasteiger partial charge in [0.2, 0.25) is 10.0 Å². The lowest BCUT2D eigenvalue weighted by Gasteiger charge is -2.30. The van der Waals surface area contributed by atoms with E-state index in [-0.39, 0.29) is 30.2 Å². The lowest BCUT2D eigenvalue weighted by molar-refractivity contribution is 0.0779. The first-order chi connectivity index (χ1) is 21.3. The Morgan fingerprint density at radius 1 is 0.864 bits per heavy atom. The molecule has 1 amide bonds. The molecule has 0 spiro atoms. The lowest BCUT2D eigenvalue weighted by Crippen LogP contribution is -2.50. The fourth-order valence-electron chi connectivity index (χ4n) is 5.01. The summed E-state index contributed by atoms with van der Waals surface area (Å²) < 4.78 is 45.4. The molecule has 44 heavy (non-hydrogen) atoms. The van der Waals surface area contributed by atoms with Crippen LogP contribution in [0.3, 0.4) is 0 Å². The monoisotopic (exact) mass is 614 g/mol. The van der Waals surface area contributed by atoms with Crippen LogP contribution in [0.1, 0.15) is 21.5 Å². The van der Waals surface area contributed by atoms with E-state index in [1.165, 1.54) is 36.7 Å². The Bertz CT molecular complexity index is 1810. The molecule has 0 unspecified atom stereocenters. The third kappa shape index (κ3) is 7.11. The molecule has 0 aliphatic heterocycles. The van der Waals surface area contributed by atoms with Gasteiger partial charge in [-0.1, -0.05) is 60.7 Å². The molecule has 2 N–H and O–H groups in total. The van der Waals surface area contributed by atoms with Crippen molar-refractivity contribution in [2.45, 2.75) is 30.0 Å². The minimum Gasteiger partial charge on any atom is -0.493 e. The molecule has 0 saturated carbocycles. The Labute approximate surface area is 256 Å². The van der Waals surface area contributed by atoms with Crippen LogP contribution in [-0.2, 0) is 23.0 Å². The first-order valence-corrected chi connectivity index (χ1v) is 15.5. The minimum absolute atomic E-state index is 0.00224. The Hall–Kier alpha value is -4.64. The van der Waals surface area contributed by atoms with Crippen LogP contribution in [0.25, 0.3) is 11.0 Å². The van der Waals surface area contributed by atoms with Crippen LogP contribution >= 0.6 is 0 Å². The predicted octanol–water partition coefficient (Wildman–Crippen LogP) is 5.04. The summed E-state index contributed by atoms with van der Waals surface area (Å²) in [6, 6.07) is 28.9. The number of sulfonamides is 1. The number of rotatable bonds is 13. The second kappa shape index (κ2) is 13.8. The molecule has 5 aromatic rings. The number of methoxy groups -OCH3 is 2. The van der Waals surface area contributed by atoms with Crippen LogP contribution in [0.2, 0.25) is 0 Å². The summed E-state index contributed by atoms with van der Waals surface area (Å²) in [5.74, 6) is 0.253. The summed E-state index contributed by atoms with van der Waals surface area (Å²) in [7, 11) is -1.24. The molecule has 1 heterocycles. The van der Waals surface area contributed by atoms with E-state index in [0.717, 1.165) is 16.5 Å². The molecule has 1 aromatic heterocycles. The third-order valence-electron chi connectivity index (χ3n) is 7.38. The molecular formula is C34H34N2O7S. The Morgan fingerprint density at radius 3 is 2.23 bits per heavy atom. The number of fused-ring (bicyclic) bond motifs is 1. The van der Waals surface area contributed by atoms with Crippen LogP contribution in [-0.4, -0.2) is 56.6 Å². The van der Waals surface area contributed by atoms with Crippen molar-refractivity contribution in [2.24, 2.45) is 0 Å². The summed E-state index contributed by atoms with van der Waals surface area (Å²) in [5, 5.41) is 15.4. The number of benzene rings is 4. The second-order valence-corrected chi connectivity index (χ2v) is 12.2. The highest BCUT2D eigenvalue weighted by Crippen LogP contribution is 2.31. The molecule has 2 atom stereocenters. The van der Waals surface area contributed by atoms with Gasteiger partial charge in [-0.25, -0.2) is 8.42 Å². The number of carbonyl (C=O) groups is 1. The Morgan fingerprint density at radius 2 is 1.55 bits per heavy atom. The highest BCUT2D eigenvalue weighted by Gasteiger charge is 2.32. The molecule has 0 saturated heterocycles. The average Bonchev–Trinajstić information content (AvgIpc) is 3.53. The van der Waals surface area contributed by atoms with E-state index in [2.05, 4.69) is 5.32 Å². The molecule has 0 aliphatic carbocycles. The first kappa shape index (κ1) is 30.8. The van der Waals surface area contributed by atoms with Crippen molar-refractivity contribution in [1.29, 1.82) is 0 Å². The molecule has 0 fully saturated rings. The zero-order valence-electron chi connectivity index (χ0n) is 24.4. The molecule has 0 radical (unpaired) electrons. The quantitative estimate of drug-likeness (QED) is 0.191. The molecule has 4 aromatic carbocycles. The van der Waals surface area contributed by atoms with Crippen molar-refractivity contribution in [1.82, 2.24) is 9.62 Å². The van der Waals surface area contributed by atoms with E-state index in [0.29, 0.717) is 16.9 Å². The molecule has 10 heteroatoms. The average molecular weight is 615 g/mol. The maximum absolute atomic E-state index is 14.1. The first-order valence-electron chi connectivity index (χ1n) is 14.0. The normalized spacial score (nSPS) is 13.0. The number of amides is 1. The van der Waals surface area contributed by atoms with Crippen LogP contribution in [0, 0.1) is 0 Å². The fraction of sp³-hybridized carbons (Fsp3) is 0.206. The maximum Gasteiger partial charge on any atom is 0.251 e. The summed E-state index contributed by atoms with van der Waals surface area (Å²) in [5.41, 5.74) is 2.66. The number of nitrogens with zero attached hydrogens (tertiary/aromatic N) is 1. The summed E-state index contributed by atoms with van der Waals surface area (Å²) in [6.07, 6.45) is 0.557. The van der Waals surface area contributed by atoms with Gasteiger partial charge in [0.05, 0.1) is 37.5 Å². The highest BCUT2D eigenvalue weighted by molar-refractivity contribution is 7.89. The van der Waals surface area contributed by atoms with E-state index in [1.807, 2.05) is 60.7 Å². The van der Waals surface area contributed by atoms with Gasteiger partial charge in [0.25, 0.3) is 5.91 Å². The van der Waals surface area contributed by atoms with Gasteiger partial charge >= 0.3 is 0 Å². The number of carbonyl (C=O) groups excluding carboxylic acids is 1. The minimum atomic E-state index is -4.14. The van der Waals surface area contributed by atoms with Gasteiger partial charge in [0.1, 0.15) is 5.58 Å². The van der Waals surface area contributed by atoms with Crippen molar-refractivity contribution in [2.75, 3.05) is 20.8 Å². The topological polar surface area (TPSA) is 118 Å². The summed E-state index contributed by atoms with van der Waals surface area (Å²) >= 11 is 0. The zero-order valence-corrected chi connectivity index (χ0v) is 25.2. The van der Waals surface area contributed by atoms with E-state index in [9.17, 15) is 18.3 Å². The van der Waals surface area contributed by atoms with Crippen molar-refractivity contribution in [3.8, 4) is 11.5 Å². The molecule has 9 nitrogen and oxygen atoms in total. The third-order valence-corrected chi connectivity index (χ3v) is 9.19. The van der Waals surface area contributed by atoms with E-state index in [4.69, 9.17) is 13.9 Å². The standard InChI is InChI=1S/C34H34N2O7S/c1-41-32-16-14-28(21-33(32)42-2)44(39,40)36(22-25-11-7-4-8-12-25)23-30(37)29(19-24-9-5-3-6-10-24)35-34(38)27-13-15-31-26(20-27)17-18-43-31/h3-18,20-21,29-30,37H,19,22-23H2,1-2H3,(H,35,38)/t29-,30+/m0/s1. The van der Waals surface area contributed by atoms with Gasteiger partial charge in [-0.2, -0.15) is 4.31 Å². The van der Waals surface area contributed by atoms with Crippen LogP contribution in [0.4, 0.5) is 0 Å². The van der Waals surface area contributed by atoms with Gasteiger partial charge in [-0.15, -0.1) is 0 Å². The number of nitrogens with one attached hydrogen (secondary N) is 1. The van der Waals surface area contributed by atoms with Gasteiger partial charge in [-0.3, -0.25) is 4.79 Å². The van der Waals surface area contributed by atoms with Gasteiger partial charge in [0.15, 0.2) is 11.5 Å². The SMILES string of the molecule is COc1ccc(S(=O)(=O)N(Cc2ccccc2)C[C@@H](O)[C@H](Cc2ccccc2)NC(=O)c2ccc3occc3c2)cc1OC. The second-order valence-electron chi connectivity index (χ2n) is 10.3. The van der Waals surface area contributed by atoms with E-state index in [1.54, 1.807) is 30.5 Å². The molecule has 0 bridgehead atoms. The molecule has 228 valence electrons. The fourth-order valence-corrected chi connectivity index (χ4v) is 6.47. The van der Waals surface area contributed by atoms with Crippen molar-refractivity contribution in [3.05, 3.63) is 126 Å². The van der Waals surface area contributed by atoms with Crippen molar-refractivity contribution >= 4 is 26.9 Å². The van der Waals surface area contributed by atoms with Crippen molar-refractivity contribution < 1.29 is 32.2 Å². The number of hydrogen-bond donors (Lipinski definition) is 2. The molecule has 5 rings (SSSR count). The molecule has 0 aliphatic rings. The van der Waals surface area contributed by atoms with Gasteiger partial charge in [0, 0.05) is 30.1 Å². The van der Waals surface area contributed by atoms with Gasteiger partial charge in [-0.05, 0) is 53.9 Å². The summed E-state index contributed by atoms with van der Waals surface area (Å²) in [6.45, 7) is -0.290. The number of furan rings is 1. The predicted molar refractivity (Wildman–Crippen MR) is 167 cm³/mol. The maximum atomic E-state index is 14.1. The van der Waals surface area contributed by atoms with E-state index < -0.39 is 28.1 Å². The van der Waals surface area contributed by atoms with Crippen LogP contribution < -0.4 is 14.8 Å². The van der Waals surface area contributed by atoms with Gasteiger partial charge < -0.3 is 24.3 Å². The lowest BCUT2D eigenvalue weighted by atomic mass is 10.00. The van der Waals surface area contributed by atoms with Crippen molar-refractivity contribution in [3.63, 3.8) is 0 Å². The summed E-state index contributed by atoms with van der Waals surface area (Å²) in [4.78, 5) is 13.4. The van der Waals surface area contributed by atoms with Crippen LogP contribution in [0.15, 0.2) is 119 Å². The largest absolute Gasteiger partial charge is 0.493 e.